The van der Waals surface area contributed by atoms with Crippen molar-refractivity contribution in [2.45, 2.75) is 62.8 Å². The van der Waals surface area contributed by atoms with Gasteiger partial charge in [-0.05, 0) is 133 Å². The van der Waals surface area contributed by atoms with E-state index in [4.69, 9.17) is 9.47 Å². The van der Waals surface area contributed by atoms with E-state index in [-0.39, 0.29) is 63.9 Å². The molecule has 0 spiro atoms. The van der Waals surface area contributed by atoms with Gasteiger partial charge in [0, 0.05) is 17.5 Å². The van der Waals surface area contributed by atoms with E-state index in [2.05, 4.69) is 0 Å². The second-order valence-corrected chi connectivity index (χ2v) is 16.5. The predicted molar refractivity (Wildman–Crippen MR) is 248 cm³/mol. The zero-order chi connectivity index (χ0) is 46.0. The summed E-state index contributed by atoms with van der Waals surface area (Å²) < 4.78 is 12.6. The monoisotopic (exact) mass is 878 g/mol. The van der Waals surface area contributed by atoms with Crippen molar-refractivity contribution in [1.29, 1.82) is 0 Å². The maximum atomic E-state index is 15.6. The van der Waals surface area contributed by atoms with Crippen LogP contribution in [0.5, 0.6) is 46.0 Å². The van der Waals surface area contributed by atoms with Gasteiger partial charge in [0.1, 0.15) is 51.6 Å². The molecular formula is C54H54O11. The van der Waals surface area contributed by atoms with Crippen molar-refractivity contribution in [1.82, 2.24) is 0 Å². The molecule has 1 saturated heterocycles. The molecule has 65 heavy (non-hydrogen) atoms. The van der Waals surface area contributed by atoms with Crippen molar-refractivity contribution in [3.05, 3.63) is 185 Å². The largest absolute Gasteiger partial charge is 0.508 e. The Morgan fingerprint density at radius 3 is 1.85 bits per heavy atom. The zero-order valence-corrected chi connectivity index (χ0v) is 35.9. The zero-order valence-electron chi connectivity index (χ0n) is 35.9. The summed E-state index contributed by atoms with van der Waals surface area (Å²) in [5, 5.41) is 85.1. The van der Waals surface area contributed by atoms with Crippen LogP contribution in [0, 0.1) is 11.8 Å². The van der Waals surface area contributed by atoms with Gasteiger partial charge in [-0.1, -0.05) is 85.0 Å². The molecule has 1 heterocycles. The molecule has 8 N–H and O–H groups in total. The van der Waals surface area contributed by atoms with Gasteiger partial charge in [-0.3, -0.25) is 4.79 Å². The van der Waals surface area contributed by atoms with Gasteiger partial charge >= 0.3 is 0 Å². The highest BCUT2D eigenvalue weighted by Crippen LogP contribution is 2.50. The smallest absolute Gasteiger partial charge is 0.176 e. The van der Waals surface area contributed by atoms with Gasteiger partial charge in [0.15, 0.2) is 5.78 Å². The summed E-state index contributed by atoms with van der Waals surface area (Å²) >= 11 is 0. The second kappa shape index (κ2) is 21.0. The van der Waals surface area contributed by atoms with Crippen molar-refractivity contribution in [2.24, 2.45) is 11.8 Å². The van der Waals surface area contributed by atoms with Crippen LogP contribution in [-0.2, 0) is 17.6 Å². The topological polar surface area (TPSA) is 197 Å². The lowest BCUT2D eigenvalue weighted by atomic mass is 9.73. The lowest BCUT2D eigenvalue weighted by Crippen LogP contribution is -2.40. The molecule has 6 atom stereocenters. The highest BCUT2D eigenvalue weighted by molar-refractivity contribution is 6.04. The number of aliphatic hydroxyl groups is 1. The van der Waals surface area contributed by atoms with Gasteiger partial charge in [-0.15, -0.1) is 0 Å². The first-order chi connectivity index (χ1) is 31.4. The Balaban J connectivity index is 1.28. The minimum atomic E-state index is -0.971. The number of phenols is 7. The number of phenolic OH excluding ortho intramolecular Hbond substituents is 7. The van der Waals surface area contributed by atoms with Gasteiger partial charge in [0.2, 0.25) is 0 Å². The van der Waals surface area contributed by atoms with Crippen LogP contribution in [0.15, 0.2) is 146 Å². The van der Waals surface area contributed by atoms with Crippen molar-refractivity contribution in [3.8, 4) is 46.0 Å². The Bertz CT molecular complexity index is 2570. The van der Waals surface area contributed by atoms with Crippen LogP contribution in [0.25, 0.3) is 6.08 Å². The van der Waals surface area contributed by atoms with Crippen molar-refractivity contribution in [2.75, 3.05) is 7.11 Å². The van der Waals surface area contributed by atoms with Gasteiger partial charge in [0.05, 0.1) is 31.3 Å². The number of carbonyl (C=O) groups excluding carboxylic acids is 1. The molecule has 336 valence electrons. The highest BCUT2D eigenvalue weighted by atomic mass is 16.5. The van der Waals surface area contributed by atoms with Gasteiger partial charge in [-0.25, -0.2) is 0 Å². The summed E-state index contributed by atoms with van der Waals surface area (Å²) in [6.07, 6.45) is 8.17. The minimum absolute atomic E-state index is 0.00511. The number of hydrogen-bond donors (Lipinski definition) is 8. The molecule has 6 aromatic carbocycles. The molecule has 0 aliphatic carbocycles. The van der Waals surface area contributed by atoms with E-state index in [9.17, 15) is 40.9 Å². The van der Waals surface area contributed by atoms with E-state index in [1.54, 1.807) is 97.1 Å². The molecule has 6 aromatic rings. The molecule has 1 fully saturated rings. The molecule has 0 unspecified atom stereocenters. The molecule has 7 rings (SSSR count). The lowest BCUT2D eigenvalue weighted by Gasteiger charge is -2.41. The maximum absolute atomic E-state index is 15.6. The van der Waals surface area contributed by atoms with Crippen LogP contribution in [0.3, 0.4) is 0 Å². The quantitative estimate of drug-likeness (QED) is 0.0321. The average Bonchev–Trinajstić information content (AvgIpc) is 3.30. The van der Waals surface area contributed by atoms with Crippen LogP contribution >= 0.6 is 0 Å². The average molecular weight is 879 g/mol. The first-order valence-corrected chi connectivity index (χ1v) is 21.6. The van der Waals surface area contributed by atoms with E-state index < -0.39 is 41.5 Å². The van der Waals surface area contributed by atoms with E-state index in [1.807, 2.05) is 24.3 Å². The third-order valence-electron chi connectivity index (χ3n) is 12.1. The number of ketones is 1. The predicted octanol–water partition coefficient (Wildman–Crippen LogP) is 10.00. The second-order valence-electron chi connectivity index (χ2n) is 16.5. The molecule has 0 aromatic heterocycles. The number of benzene rings is 6. The van der Waals surface area contributed by atoms with Gasteiger partial charge in [-0.2, -0.15) is 0 Å². The van der Waals surface area contributed by atoms with Crippen LogP contribution in [0.2, 0.25) is 0 Å². The normalized spacial score (nSPS) is 18.4. The van der Waals surface area contributed by atoms with E-state index in [1.165, 1.54) is 37.4 Å². The number of Topliss-reactive ketones (excluding diaryl/α,β-unsaturated/α-hetero) is 1. The fourth-order valence-corrected chi connectivity index (χ4v) is 8.56. The number of carbonyl (C=O) groups is 1. The fourth-order valence-electron chi connectivity index (χ4n) is 8.56. The van der Waals surface area contributed by atoms with Crippen LogP contribution in [0.1, 0.15) is 81.4 Å². The Morgan fingerprint density at radius 2 is 1.26 bits per heavy atom. The summed E-state index contributed by atoms with van der Waals surface area (Å²) in [7, 11) is 1.35. The number of ether oxygens (including phenoxy) is 2. The van der Waals surface area contributed by atoms with Gasteiger partial charge < -0.3 is 50.3 Å². The van der Waals surface area contributed by atoms with Crippen LogP contribution in [-0.4, -0.2) is 66.0 Å². The molecule has 11 heteroatoms. The molecule has 0 saturated carbocycles. The summed E-state index contributed by atoms with van der Waals surface area (Å²) in [4.78, 5) is 15.6. The molecule has 1 aliphatic rings. The molecule has 1 aliphatic heterocycles. The number of hydrogen-bond acceptors (Lipinski definition) is 11. The number of aliphatic hydroxyl groups excluding tert-OH is 1. The van der Waals surface area contributed by atoms with Crippen LogP contribution < -0.4 is 4.74 Å². The summed E-state index contributed by atoms with van der Waals surface area (Å²) in [6.45, 7) is 0. The summed E-state index contributed by atoms with van der Waals surface area (Å²) in [6, 6.07) is 34.4. The molecule has 0 bridgehead atoms. The standard InChI is InChI=1S/C54H54O11/c1-64-48-32-47(61)50(46(36-15-26-43(59)27-16-36)4-2-3-39(55)19-6-34-9-22-41(57)23-10-34)53(63)51(48)52(62)49-38(14-5-33-7-20-40(56)21-8-33)31-45(30-13-35-11-24-42(58)25-12-35)65-54(49)37-17-28-44(60)29-18-37/h2,4-5,7-12,14-18,20-29,32,38-39,45-46,49,54-61,63H,3,6,13,19,30-31H2,1H3/b4-2+,14-5+/t38-,39-,45+,46+,49-,54-/m1/s1. The Kier molecular flexibility index (Phi) is 14.8. The van der Waals surface area contributed by atoms with Crippen molar-refractivity contribution in [3.63, 3.8) is 0 Å². The van der Waals surface area contributed by atoms with E-state index >= 15 is 4.79 Å². The van der Waals surface area contributed by atoms with Crippen molar-refractivity contribution >= 4 is 11.9 Å². The SMILES string of the molecule is COc1cc(O)c([C@@H](/C=C/C[C@@H](O)CCc2ccc(O)cc2)c2ccc(O)cc2)c(O)c1C(=O)[C@H]1[C@H](/C=C/c2ccc(O)cc2)C[C@H](CCc2ccc(O)cc2)O[C@@H]1c1ccc(O)cc1. The van der Waals surface area contributed by atoms with E-state index in [0.717, 1.165) is 16.7 Å². The number of aryl methyl sites for hydroxylation is 2. The number of allylic oxidation sites excluding steroid dienone is 2. The third-order valence-corrected chi connectivity index (χ3v) is 12.1. The Hall–Kier alpha value is -7.21. The highest BCUT2D eigenvalue weighted by Gasteiger charge is 2.45. The molecule has 0 radical (unpaired) electrons. The van der Waals surface area contributed by atoms with Crippen LogP contribution in [0.4, 0.5) is 0 Å². The number of methoxy groups -OCH3 is 1. The Labute approximate surface area is 378 Å². The van der Waals surface area contributed by atoms with Gasteiger partial charge in [0.25, 0.3) is 0 Å². The number of aromatic hydroxyl groups is 7. The third kappa shape index (κ3) is 11.5. The fraction of sp³-hybridized carbons (Fsp3) is 0.241. The Morgan fingerprint density at radius 1 is 0.723 bits per heavy atom. The minimum Gasteiger partial charge on any atom is -0.508 e. The summed E-state index contributed by atoms with van der Waals surface area (Å²) in [5.74, 6) is -3.31. The number of rotatable bonds is 17. The van der Waals surface area contributed by atoms with Crippen molar-refractivity contribution < 1.29 is 55.1 Å². The lowest BCUT2D eigenvalue weighted by molar-refractivity contribution is -0.0938. The molecular weight excluding hydrogens is 825 g/mol. The molecule has 0 amide bonds. The van der Waals surface area contributed by atoms with E-state index in [0.29, 0.717) is 43.2 Å². The maximum Gasteiger partial charge on any atom is 0.176 e. The first-order valence-electron chi connectivity index (χ1n) is 21.6. The molecule has 11 nitrogen and oxygen atoms in total. The first kappa shape index (κ1) is 45.8. The summed E-state index contributed by atoms with van der Waals surface area (Å²) in [5.41, 5.74) is 3.75.